The quantitative estimate of drug-likeness (QED) is 0.250. The molecule has 1 heterocycles. The molecular weight excluding hydrogens is 312 g/mol. The zero-order valence-electron chi connectivity index (χ0n) is 14.5. The zero-order valence-corrected chi connectivity index (χ0v) is 14.2. The molecule has 0 amide bonds. The maximum absolute atomic E-state index is 12.2. The highest BCUT2D eigenvalue weighted by Gasteiger charge is 2.42. The van der Waals surface area contributed by atoms with Crippen molar-refractivity contribution in [3.05, 3.63) is 0 Å². The van der Waals surface area contributed by atoms with Crippen LogP contribution in [0.15, 0.2) is 0 Å². The van der Waals surface area contributed by atoms with Gasteiger partial charge in [-0.1, -0.05) is 7.61 Å². The van der Waals surface area contributed by atoms with Gasteiger partial charge in [-0.2, -0.15) is 0 Å². The molecule has 0 spiro atoms. The minimum absolute atomic E-state index is 0.198. The van der Waals surface area contributed by atoms with E-state index in [-0.39, 0.29) is 12.5 Å². The normalized spacial score (nSPS) is 30.2. The first-order chi connectivity index (χ1) is 10.7. The first-order valence-corrected chi connectivity index (χ1v) is 9.06. The van der Waals surface area contributed by atoms with Crippen molar-refractivity contribution in [2.75, 3.05) is 13.2 Å². The van der Waals surface area contributed by atoms with E-state index >= 15 is 0 Å². The Kier molecular flexibility index (Phi) is 6.64. The van der Waals surface area contributed by atoms with E-state index in [9.17, 15) is 9.90 Å². The first kappa shape index (κ1) is 16.0. The van der Waals surface area contributed by atoms with Crippen molar-refractivity contribution in [3.8, 4) is 0 Å². The molecule has 0 aromatic carbocycles. The number of nitrogens with one attached hydrogen (secondary N) is 1. The Morgan fingerprint density at radius 1 is 1.76 bits per heavy atom. The SMILES string of the molecule is [2H]P([B][3H])SOC[C@@H]1C[C@H](C(=O)OC(C)(C)C)N[C@H]1C(O)CO. The highest BCUT2D eigenvalue weighted by Crippen LogP contribution is 2.30. The van der Waals surface area contributed by atoms with Gasteiger partial charge in [-0.15, -0.1) is 0 Å². The van der Waals surface area contributed by atoms with Gasteiger partial charge in [0.15, 0.2) is 0 Å². The van der Waals surface area contributed by atoms with Gasteiger partial charge in [0.25, 0.3) is 0 Å². The summed E-state index contributed by atoms with van der Waals surface area (Å²) in [5, 5.41) is 22.1. The molecule has 3 N–H and O–H groups in total. The second-order valence-corrected chi connectivity index (χ2v) is 7.66. The molecule has 2 unspecified atom stereocenters. The number of aliphatic hydroxyl groups excluding tert-OH is 2. The number of carbonyl (C=O) groups is 1. The predicted molar refractivity (Wildman–Crippen MR) is 86.8 cm³/mol. The van der Waals surface area contributed by atoms with Gasteiger partial charge in [-0.25, -0.2) is 0 Å². The standard InChI is InChI=1S/C12H24BNO5PS/c1-12(2,3)19-11(17)8-4-7(6-18-21-20-13)10(14-8)9(16)5-15/h7-10,13-16,20H,4-6H2,1-3H3/t7-,8+,9?,10+,20?/m0/s1/i13T,20D. The molecule has 6 nitrogen and oxygen atoms in total. The van der Waals surface area contributed by atoms with Gasteiger partial charge in [0.05, 0.1) is 20.6 Å². The number of aliphatic hydroxyl groups is 2. The lowest BCUT2D eigenvalue weighted by Gasteiger charge is -2.24. The lowest BCUT2D eigenvalue weighted by molar-refractivity contribution is -0.157. The van der Waals surface area contributed by atoms with Crippen LogP contribution in [0.4, 0.5) is 0 Å². The van der Waals surface area contributed by atoms with Crippen molar-refractivity contribution < 1.29 is 23.9 Å². The molecule has 1 radical (unpaired) electrons. The maximum atomic E-state index is 12.2. The summed E-state index contributed by atoms with van der Waals surface area (Å²) in [5.41, 5.74) is -0.598. The molecule has 0 saturated carbocycles. The fourth-order valence-corrected chi connectivity index (χ4v) is 2.94. The summed E-state index contributed by atoms with van der Waals surface area (Å²) in [6.45, 7) is 5.14. The predicted octanol–water partition coefficient (Wildman–Crippen LogP) is 0.102. The second kappa shape index (κ2) is 8.70. The third-order valence-corrected chi connectivity index (χ3v) is 4.01. The summed E-state index contributed by atoms with van der Waals surface area (Å²) in [6, 6.07) is -1.06. The average Bonchev–Trinajstić information content (AvgIpc) is 2.88. The van der Waals surface area contributed by atoms with Crippen molar-refractivity contribution in [3.63, 3.8) is 0 Å². The molecule has 0 bridgehead atoms. The summed E-state index contributed by atoms with van der Waals surface area (Å²) in [4.78, 5) is 12.2. The molecule has 1 saturated heterocycles. The topological polar surface area (TPSA) is 88.0 Å². The molecule has 0 aliphatic carbocycles. The molecular formula is C12H24BNO5PS. The smallest absolute Gasteiger partial charge is 0.323 e. The number of hydrogen-bond acceptors (Lipinski definition) is 7. The van der Waals surface area contributed by atoms with Crippen molar-refractivity contribution in [2.45, 2.75) is 51.0 Å². The molecule has 1 aliphatic rings. The van der Waals surface area contributed by atoms with E-state index in [0.717, 1.165) is 19.2 Å². The van der Waals surface area contributed by atoms with Crippen LogP contribution in [0.25, 0.3) is 0 Å². The van der Waals surface area contributed by atoms with Gasteiger partial charge in [0, 0.05) is 23.6 Å². The van der Waals surface area contributed by atoms with E-state index < -0.39 is 44.0 Å². The second-order valence-electron chi connectivity index (χ2n) is 5.99. The number of ether oxygens (including phenoxy) is 1. The van der Waals surface area contributed by atoms with Crippen LogP contribution < -0.4 is 5.32 Å². The lowest BCUT2D eigenvalue weighted by Crippen LogP contribution is -2.46. The summed E-state index contributed by atoms with van der Waals surface area (Å²) in [6.07, 6.45) is -0.598. The van der Waals surface area contributed by atoms with E-state index in [1.165, 1.54) is 0 Å². The Morgan fingerprint density at radius 3 is 3.05 bits per heavy atom. The van der Waals surface area contributed by atoms with Gasteiger partial charge in [0.1, 0.15) is 19.2 Å². The Bertz CT molecular complexity index is 393. The third kappa shape index (κ3) is 6.43. The van der Waals surface area contributed by atoms with Crippen LogP contribution in [-0.2, 0) is 13.7 Å². The van der Waals surface area contributed by atoms with Crippen LogP contribution in [0.3, 0.4) is 0 Å². The highest BCUT2D eigenvalue weighted by atomic mass is 32.7. The monoisotopic (exact) mass is 339 g/mol. The zero-order chi connectivity index (χ0) is 17.6. The molecule has 1 aliphatic heterocycles. The molecule has 21 heavy (non-hydrogen) atoms. The van der Waals surface area contributed by atoms with Gasteiger partial charge < -0.3 is 19.1 Å². The van der Waals surface area contributed by atoms with Gasteiger partial charge in [-0.05, 0) is 28.5 Å². The molecule has 121 valence electrons. The lowest BCUT2D eigenvalue weighted by atomic mass is 9.96. The van der Waals surface area contributed by atoms with Crippen molar-refractivity contribution in [1.82, 2.24) is 5.32 Å². The largest absolute Gasteiger partial charge is 0.459 e. The van der Waals surface area contributed by atoms with E-state index in [1.54, 1.807) is 20.8 Å². The van der Waals surface area contributed by atoms with Gasteiger partial charge >= 0.3 is 5.97 Å². The summed E-state index contributed by atoms with van der Waals surface area (Å²) < 4.78 is 25.1. The van der Waals surface area contributed by atoms with Crippen LogP contribution in [0.1, 0.15) is 27.2 Å². The highest BCUT2D eigenvalue weighted by molar-refractivity contribution is 8.53. The van der Waals surface area contributed by atoms with Crippen molar-refractivity contribution >= 4 is 32.8 Å². The summed E-state index contributed by atoms with van der Waals surface area (Å²) in [5.74, 6) is -0.596. The van der Waals surface area contributed by atoms with Gasteiger partial charge in [0.2, 0.25) is 0 Å². The molecule has 9 heteroatoms. The third-order valence-electron chi connectivity index (χ3n) is 3.11. The number of rotatable bonds is 8. The first-order valence-electron chi connectivity index (χ1n) is 7.77. The molecule has 1 rings (SSSR count). The number of carbonyl (C=O) groups excluding carboxylic acids is 1. The van der Waals surface area contributed by atoms with Crippen LogP contribution >= 0.6 is 19.3 Å². The Hall–Kier alpha value is 0.155. The van der Waals surface area contributed by atoms with Crippen molar-refractivity contribution in [2.24, 2.45) is 5.92 Å². The summed E-state index contributed by atoms with van der Waals surface area (Å²) >= 11 is 0.905. The van der Waals surface area contributed by atoms with Gasteiger partial charge in [-0.3, -0.25) is 10.1 Å². The van der Waals surface area contributed by atoms with E-state index in [1.807, 2.05) is 0 Å². The Labute approximate surface area is 135 Å². The van der Waals surface area contributed by atoms with Crippen LogP contribution in [0.5, 0.6) is 0 Å². The Morgan fingerprint density at radius 2 is 2.48 bits per heavy atom. The van der Waals surface area contributed by atoms with E-state index in [0.29, 0.717) is 6.42 Å². The molecule has 0 aromatic rings. The minimum atomic E-state index is -1.41. The molecule has 5 atom stereocenters. The number of esters is 1. The molecule has 0 aromatic heterocycles. The average molecular weight is 339 g/mol. The van der Waals surface area contributed by atoms with E-state index in [2.05, 4.69) is 5.32 Å². The van der Waals surface area contributed by atoms with Crippen LogP contribution in [-0.4, -0.2) is 63.3 Å². The minimum Gasteiger partial charge on any atom is -0.459 e. The van der Waals surface area contributed by atoms with Crippen molar-refractivity contribution in [1.29, 1.82) is 2.61 Å². The summed E-state index contributed by atoms with van der Waals surface area (Å²) in [7, 11) is -0.401. The maximum Gasteiger partial charge on any atom is 0.323 e. The Balaban J connectivity index is 2.62. The molecule has 1 fully saturated rings. The fraction of sp³-hybridized carbons (Fsp3) is 0.917. The van der Waals surface area contributed by atoms with Crippen LogP contribution in [0, 0.1) is 5.92 Å². The van der Waals surface area contributed by atoms with Crippen LogP contribution in [0.2, 0.25) is 0 Å². The van der Waals surface area contributed by atoms with E-state index in [4.69, 9.17) is 16.6 Å². The fourth-order valence-electron chi connectivity index (χ4n) is 2.28. The number of hydrogen-bond donors (Lipinski definition) is 3.